The van der Waals surface area contributed by atoms with E-state index in [1.807, 2.05) is 13.8 Å². The van der Waals surface area contributed by atoms with Crippen molar-refractivity contribution in [2.75, 3.05) is 13.2 Å². The number of halogens is 1. The molecule has 0 amide bonds. The number of aromatic nitrogens is 2. The summed E-state index contributed by atoms with van der Waals surface area (Å²) in [4.78, 5) is 11.4. The van der Waals surface area contributed by atoms with Crippen molar-refractivity contribution in [2.24, 2.45) is 0 Å². The molecule has 1 aliphatic heterocycles. The predicted molar refractivity (Wildman–Crippen MR) is 59.3 cm³/mol. The van der Waals surface area contributed by atoms with Gasteiger partial charge >= 0.3 is 0 Å². The van der Waals surface area contributed by atoms with Crippen LogP contribution in [-0.4, -0.2) is 23.0 Å². The third kappa shape index (κ3) is 3.04. The molecule has 4 nitrogen and oxygen atoms in total. The molecule has 0 N–H and O–H groups in total. The molecule has 1 fully saturated rings. The maximum Gasteiger partial charge on any atom is 0.268 e. The minimum atomic E-state index is -0.164. The molecule has 0 bridgehead atoms. The lowest BCUT2D eigenvalue weighted by Crippen LogP contribution is -2.26. The number of rotatable bonds is 1. The highest BCUT2D eigenvalue weighted by Crippen LogP contribution is 2.15. The van der Waals surface area contributed by atoms with Crippen LogP contribution in [0.25, 0.3) is 0 Å². The molecule has 1 atom stereocenters. The fraction of sp³-hybridized carbons (Fsp3) is 0.600. The van der Waals surface area contributed by atoms with E-state index >= 15 is 0 Å². The second kappa shape index (κ2) is 5.88. The van der Waals surface area contributed by atoms with E-state index < -0.39 is 0 Å². The molecule has 0 aromatic carbocycles. The summed E-state index contributed by atoms with van der Waals surface area (Å²) in [6, 6.07) is 1.44. The average Bonchev–Trinajstić information content (AvgIpc) is 2.74. The Kier molecular flexibility index (Phi) is 4.78. The molecule has 2 rings (SSSR count). The van der Waals surface area contributed by atoms with Crippen LogP contribution >= 0.6 is 11.6 Å². The lowest BCUT2D eigenvalue weighted by atomic mass is 10.3. The minimum absolute atomic E-state index is 0.0739. The zero-order valence-electron chi connectivity index (χ0n) is 8.94. The molecular weight excluding hydrogens is 216 g/mol. The number of hydrogen-bond acceptors (Lipinski definition) is 3. The third-order valence-electron chi connectivity index (χ3n) is 2.04. The number of nitrogens with zero attached hydrogens (tertiary/aromatic N) is 2. The molecule has 84 valence electrons. The van der Waals surface area contributed by atoms with Gasteiger partial charge in [-0.1, -0.05) is 25.4 Å². The topological polar surface area (TPSA) is 44.1 Å². The maximum absolute atomic E-state index is 11.4. The van der Waals surface area contributed by atoms with E-state index in [1.165, 1.54) is 16.9 Å². The lowest BCUT2D eigenvalue weighted by Gasteiger charge is -2.08. The normalized spacial score (nSPS) is 19.5. The van der Waals surface area contributed by atoms with Crippen LogP contribution in [0.4, 0.5) is 0 Å². The quantitative estimate of drug-likeness (QED) is 0.740. The molecule has 1 aliphatic rings. The zero-order chi connectivity index (χ0) is 11.3. The first kappa shape index (κ1) is 12.2. The van der Waals surface area contributed by atoms with Crippen molar-refractivity contribution in [3.05, 3.63) is 27.6 Å². The summed E-state index contributed by atoms with van der Waals surface area (Å²) >= 11 is 5.62. The van der Waals surface area contributed by atoms with Crippen molar-refractivity contribution >= 4 is 11.6 Å². The van der Waals surface area contributed by atoms with Crippen LogP contribution < -0.4 is 5.56 Å². The van der Waals surface area contributed by atoms with Gasteiger partial charge in [0.25, 0.3) is 5.56 Å². The average molecular weight is 231 g/mol. The lowest BCUT2D eigenvalue weighted by molar-refractivity contribution is 0.183. The summed E-state index contributed by atoms with van der Waals surface area (Å²) in [6.07, 6.45) is 2.32. The van der Waals surface area contributed by atoms with Gasteiger partial charge in [0.05, 0.1) is 23.9 Å². The Balaban J connectivity index is 0.000000531. The first-order chi connectivity index (χ1) is 7.27. The minimum Gasteiger partial charge on any atom is -0.379 e. The predicted octanol–water partition coefficient (Wildman–Crippen LogP) is 1.88. The van der Waals surface area contributed by atoms with Gasteiger partial charge in [0.1, 0.15) is 0 Å². The smallest absolute Gasteiger partial charge is 0.268 e. The Hall–Kier alpha value is -0.870. The Morgan fingerprint density at radius 1 is 1.60 bits per heavy atom. The van der Waals surface area contributed by atoms with Crippen LogP contribution in [0.5, 0.6) is 0 Å². The van der Waals surface area contributed by atoms with Gasteiger partial charge in [0.15, 0.2) is 0 Å². The van der Waals surface area contributed by atoms with Crippen molar-refractivity contribution in [3.8, 4) is 0 Å². The van der Waals surface area contributed by atoms with E-state index in [9.17, 15) is 4.79 Å². The monoisotopic (exact) mass is 230 g/mol. The van der Waals surface area contributed by atoms with Crippen molar-refractivity contribution in [3.63, 3.8) is 0 Å². The largest absolute Gasteiger partial charge is 0.379 e. The number of hydrogen-bond donors (Lipinski definition) is 0. The molecule has 5 heteroatoms. The van der Waals surface area contributed by atoms with Crippen LogP contribution in [0.15, 0.2) is 17.1 Å². The standard InChI is InChI=1S/C8H9ClN2O2.C2H6/c9-6-3-8(12)11(10-4-6)7-1-2-13-5-7;1-2/h3-4,7H,1-2,5H2;1-2H3. The van der Waals surface area contributed by atoms with E-state index in [0.717, 1.165) is 6.42 Å². The fourth-order valence-electron chi connectivity index (χ4n) is 1.38. The summed E-state index contributed by atoms with van der Waals surface area (Å²) in [5.41, 5.74) is -0.164. The van der Waals surface area contributed by atoms with E-state index in [4.69, 9.17) is 16.3 Å². The molecule has 0 spiro atoms. The van der Waals surface area contributed by atoms with E-state index in [0.29, 0.717) is 18.2 Å². The van der Waals surface area contributed by atoms with Gasteiger partial charge in [0, 0.05) is 12.7 Å². The fourth-order valence-corrected chi connectivity index (χ4v) is 1.52. The molecule has 0 aliphatic carbocycles. The molecular formula is C10H15ClN2O2. The van der Waals surface area contributed by atoms with Crippen molar-refractivity contribution < 1.29 is 4.74 Å². The second-order valence-corrected chi connectivity index (χ2v) is 3.41. The van der Waals surface area contributed by atoms with Gasteiger partial charge in [-0.3, -0.25) is 4.79 Å². The highest BCUT2D eigenvalue weighted by atomic mass is 35.5. The third-order valence-corrected chi connectivity index (χ3v) is 2.25. The highest BCUT2D eigenvalue weighted by Gasteiger charge is 2.19. The molecule has 1 aromatic rings. The van der Waals surface area contributed by atoms with Gasteiger partial charge < -0.3 is 4.74 Å². The Bertz CT molecular complexity index is 359. The van der Waals surface area contributed by atoms with Crippen LogP contribution in [0.1, 0.15) is 26.3 Å². The summed E-state index contributed by atoms with van der Waals surface area (Å²) < 4.78 is 6.59. The molecule has 15 heavy (non-hydrogen) atoms. The van der Waals surface area contributed by atoms with Crippen LogP contribution in [-0.2, 0) is 4.74 Å². The summed E-state index contributed by atoms with van der Waals surface area (Å²) in [6.45, 7) is 5.26. The van der Waals surface area contributed by atoms with Crippen LogP contribution in [0.3, 0.4) is 0 Å². The molecule has 1 aromatic heterocycles. The van der Waals surface area contributed by atoms with Crippen molar-refractivity contribution in [1.29, 1.82) is 0 Å². The van der Waals surface area contributed by atoms with Gasteiger partial charge in [-0.2, -0.15) is 5.10 Å². The highest BCUT2D eigenvalue weighted by molar-refractivity contribution is 6.30. The molecule has 1 unspecified atom stereocenters. The molecule has 2 heterocycles. The van der Waals surface area contributed by atoms with Crippen molar-refractivity contribution in [1.82, 2.24) is 9.78 Å². The van der Waals surface area contributed by atoms with Gasteiger partial charge in [-0.05, 0) is 6.42 Å². The van der Waals surface area contributed by atoms with E-state index in [-0.39, 0.29) is 11.6 Å². The first-order valence-electron chi connectivity index (χ1n) is 5.09. The Morgan fingerprint density at radius 2 is 2.33 bits per heavy atom. The molecule has 0 radical (unpaired) electrons. The Morgan fingerprint density at radius 3 is 2.87 bits per heavy atom. The SMILES string of the molecule is CC.O=c1cc(Cl)cnn1C1CCOC1. The maximum atomic E-state index is 11.4. The van der Waals surface area contributed by atoms with Crippen LogP contribution in [0.2, 0.25) is 5.02 Å². The van der Waals surface area contributed by atoms with E-state index in [1.54, 1.807) is 0 Å². The van der Waals surface area contributed by atoms with Gasteiger partial charge in [-0.15, -0.1) is 0 Å². The first-order valence-corrected chi connectivity index (χ1v) is 5.47. The van der Waals surface area contributed by atoms with Gasteiger partial charge in [-0.25, -0.2) is 4.68 Å². The second-order valence-electron chi connectivity index (χ2n) is 2.97. The van der Waals surface area contributed by atoms with Crippen LogP contribution in [0, 0.1) is 0 Å². The molecule has 0 saturated carbocycles. The molecule has 1 saturated heterocycles. The van der Waals surface area contributed by atoms with Crippen molar-refractivity contribution in [2.45, 2.75) is 26.3 Å². The van der Waals surface area contributed by atoms with E-state index in [2.05, 4.69) is 5.10 Å². The summed E-state index contributed by atoms with van der Waals surface area (Å²) in [5.74, 6) is 0. The van der Waals surface area contributed by atoms with Gasteiger partial charge in [0.2, 0.25) is 0 Å². The summed E-state index contributed by atoms with van der Waals surface area (Å²) in [7, 11) is 0. The summed E-state index contributed by atoms with van der Waals surface area (Å²) in [5, 5.41) is 4.33. The number of ether oxygens (including phenoxy) is 1. The Labute approximate surface area is 93.8 Å². The zero-order valence-corrected chi connectivity index (χ0v) is 9.70.